The Morgan fingerprint density at radius 2 is 1.56 bits per heavy atom. The Kier molecular flexibility index (Phi) is 7.43. The summed E-state index contributed by atoms with van der Waals surface area (Å²) in [6.07, 6.45) is -4.60. The van der Waals surface area contributed by atoms with Crippen molar-refractivity contribution in [3.05, 3.63) is 96.2 Å². The van der Waals surface area contributed by atoms with Gasteiger partial charge in [-0.1, -0.05) is 30.3 Å². The monoisotopic (exact) mass is 496 g/mol. The minimum Gasteiger partial charge on any atom is -0.492 e. The predicted octanol–water partition coefficient (Wildman–Crippen LogP) is 5.18. The third-order valence-electron chi connectivity index (χ3n) is 5.15. The molecule has 0 aliphatic carbocycles. The van der Waals surface area contributed by atoms with E-state index in [1.54, 1.807) is 48.5 Å². The van der Waals surface area contributed by atoms with Crippen LogP contribution in [0.2, 0.25) is 0 Å². The summed E-state index contributed by atoms with van der Waals surface area (Å²) in [5, 5.41) is 6.22. The zero-order chi connectivity index (χ0) is 25.5. The fourth-order valence-corrected chi connectivity index (χ4v) is 3.41. The van der Waals surface area contributed by atoms with Gasteiger partial charge in [0.15, 0.2) is 5.69 Å². The maximum absolute atomic E-state index is 13.5. The summed E-state index contributed by atoms with van der Waals surface area (Å²) >= 11 is 0. The number of nitrogens with one attached hydrogen (secondary N) is 1. The van der Waals surface area contributed by atoms with Crippen LogP contribution in [0.5, 0.6) is 11.5 Å². The fraction of sp³-hybridized carbons (Fsp3) is 0.154. The van der Waals surface area contributed by atoms with E-state index in [0.29, 0.717) is 29.4 Å². The second-order valence-corrected chi connectivity index (χ2v) is 7.76. The van der Waals surface area contributed by atoms with Gasteiger partial charge in [-0.2, -0.15) is 18.3 Å². The van der Waals surface area contributed by atoms with E-state index in [1.807, 2.05) is 30.3 Å². The van der Waals surface area contributed by atoms with E-state index in [-0.39, 0.29) is 18.8 Å². The van der Waals surface area contributed by atoms with Gasteiger partial charge in [-0.25, -0.2) is 9.48 Å². The van der Waals surface area contributed by atoms with Gasteiger partial charge in [-0.15, -0.1) is 0 Å². The van der Waals surface area contributed by atoms with E-state index < -0.39 is 17.9 Å². The molecule has 4 rings (SSSR count). The predicted molar refractivity (Wildman–Crippen MR) is 128 cm³/mol. The molecule has 4 aromatic rings. The highest BCUT2D eigenvalue weighted by Gasteiger charge is 2.35. The van der Waals surface area contributed by atoms with Crippen molar-refractivity contribution in [2.75, 3.05) is 13.2 Å². The zero-order valence-corrected chi connectivity index (χ0v) is 19.0. The number of amides is 2. The van der Waals surface area contributed by atoms with Crippen LogP contribution in [0.3, 0.4) is 0 Å². The van der Waals surface area contributed by atoms with Crippen LogP contribution in [0.15, 0.2) is 84.9 Å². The molecule has 3 N–H and O–H groups in total. The average Bonchev–Trinajstić information content (AvgIpc) is 3.33. The van der Waals surface area contributed by atoms with Gasteiger partial charge in [0.1, 0.15) is 24.7 Å². The lowest BCUT2D eigenvalue weighted by Gasteiger charge is -2.11. The zero-order valence-electron chi connectivity index (χ0n) is 19.0. The summed E-state index contributed by atoms with van der Waals surface area (Å²) in [7, 11) is 0. The number of urea groups is 1. The number of nitrogens with two attached hydrogens (primary N) is 1. The number of halogens is 3. The molecule has 0 atom stereocenters. The number of alkyl halides is 3. The number of ether oxygens (including phenoxy) is 2. The van der Waals surface area contributed by atoms with Crippen molar-refractivity contribution in [3.8, 4) is 28.4 Å². The minimum absolute atomic E-state index is 0.192. The lowest BCUT2D eigenvalue weighted by Crippen LogP contribution is -2.32. The van der Waals surface area contributed by atoms with Crippen LogP contribution in [-0.4, -0.2) is 29.0 Å². The number of benzene rings is 3. The number of carbonyl (C=O) groups is 1. The molecule has 2 amide bonds. The van der Waals surface area contributed by atoms with Crippen LogP contribution in [0, 0.1) is 0 Å². The van der Waals surface area contributed by atoms with Gasteiger partial charge >= 0.3 is 12.2 Å². The normalized spacial score (nSPS) is 11.2. The van der Waals surface area contributed by atoms with E-state index in [4.69, 9.17) is 15.2 Å². The number of hydrogen-bond donors (Lipinski definition) is 2. The van der Waals surface area contributed by atoms with E-state index in [9.17, 15) is 18.0 Å². The summed E-state index contributed by atoms with van der Waals surface area (Å²) < 4.78 is 53.0. The Morgan fingerprint density at radius 1 is 0.917 bits per heavy atom. The van der Waals surface area contributed by atoms with Gasteiger partial charge in [-0.3, -0.25) is 0 Å². The minimum atomic E-state index is -4.60. The molecule has 0 saturated heterocycles. The fourth-order valence-electron chi connectivity index (χ4n) is 3.41. The lowest BCUT2D eigenvalue weighted by molar-refractivity contribution is -0.141. The van der Waals surface area contributed by atoms with Gasteiger partial charge in [-0.05, 0) is 60.2 Å². The third kappa shape index (κ3) is 6.35. The molecule has 36 heavy (non-hydrogen) atoms. The first-order chi connectivity index (χ1) is 17.3. The highest BCUT2D eigenvalue weighted by atomic mass is 19.4. The molecule has 0 bridgehead atoms. The number of primary amides is 1. The average molecular weight is 496 g/mol. The molecule has 0 radical (unpaired) electrons. The van der Waals surface area contributed by atoms with E-state index in [0.717, 1.165) is 11.6 Å². The SMILES string of the molecule is NC(=O)NCCOc1ccc(-c2cc(C(F)(F)F)nn2-c2ccc(OCc3ccccc3)cc2)cc1. The Labute approximate surface area is 205 Å². The largest absolute Gasteiger partial charge is 0.492 e. The van der Waals surface area contributed by atoms with Crippen molar-refractivity contribution in [3.63, 3.8) is 0 Å². The summed E-state index contributed by atoms with van der Waals surface area (Å²) in [4.78, 5) is 10.7. The van der Waals surface area contributed by atoms with Gasteiger partial charge < -0.3 is 20.5 Å². The summed E-state index contributed by atoms with van der Waals surface area (Å²) in [5.41, 5.74) is 6.23. The number of rotatable bonds is 9. The summed E-state index contributed by atoms with van der Waals surface area (Å²) in [5.74, 6) is 1.08. The number of aromatic nitrogens is 2. The van der Waals surface area contributed by atoms with Gasteiger partial charge in [0.05, 0.1) is 17.9 Å². The highest BCUT2D eigenvalue weighted by Crippen LogP contribution is 2.34. The molecule has 3 aromatic carbocycles. The molecule has 0 fully saturated rings. The Bertz CT molecular complexity index is 1290. The summed E-state index contributed by atoms with van der Waals surface area (Å²) in [6, 6.07) is 23.2. The molecule has 0 aliphatic heterocycles. The van der Waals surface area contributed by atoms with Gasteiger partial charge in [0.2, 0.25) is 0 Å². The molecule has 0 aliphatic rings. The molecule has 186 valence electrons. The maximum atomic E-state index is 13.5. The van der Waals surface area contributed by atoms with Crippen LogP contribution in [0.25, 0.3) is 16.9 Å². The Morgan fingerprint density at radius 3 is 2.19 bits per heavy atom. The first-order valence-corrected chi connectivity index (χ1v) is 11.0. The number of carbonyl (C=O) groups excluding carboxylic acids is 1. The maximum Gasteiger partial charge on any atom is 0.435 e. The molecule has 1 aromatic heterocycles. The van der Waals surface area contributed by atoms with Crippen molar-refractivity contribution in [2.24, 2.45) is 5.73 Å². The van der Waals surface area contributed by atoms with Crippen LogP contribution < -0.4 is 20.5 Å². The smallest absolute Gasteiger partial charge is 0.435 e. The molecule has 0 spiro atoms. The second kappa shape index (κ2) is 10.9. The second-order valence-electron chi connectivity index (χ2n) is 7.76. The molecular formula is C26H23F3N4O3. The first kappa shape index (κ1) is 24.6. The highest BCUT2D eigenvalue weighted by molar-refractivity contribution is 5.71. The molecule has 0 unspecified atom stereocenters. The van der Waals surface area contributed by atoms with Crippen LogP contribution in [0.4, 0.5) is 18.0 Å². The van der Waals surface area contributed by atoms with Crippen molar-refractivity contribution in [1.29, 1.82) is 0 Å². The van der Waals surface area contributed by atoms with E-state index in [1.165, 1.54) is 4.68 Å². The molecule has 0 saturated carbocycles. The topological polar surface area (TPSA) is 91.4 Å². The van der Waals surface area contributed by atoms with E-state index in [2.05, 4.69) is 10.4 Å². The Balaban J connectivity index is 1.53. The number of hydrogen-bond acceptors (Lipinski definition) is 4. The Hall–Kier alpha value is -4.47. The summed E-state index contributed by atoms with van der Waals surface area (Å²) in [6.45, 7) is 0.791. The van der Waals surface area contributed by atoms with Crippen LogP contribution in [0.1, 0.15) is 11.3 Å². The molecule has 7 nitrogen and oxygen atoms in total. The van der Waals surface area contributed by atoms with Crippen molar-refractivity contribution in [2.45, 2.75) is 12.8 Å². The van der Waals surface area contributed by atoms with Crippen LogP contribution >= 0.6 is 0 Å². The van der Waals surface area contributed by atoms with E-state index >= 15 is 0 Å². The standard InChI is InChI=1S/C26H23F3N4O3/c27-26(28,29)24-16-23(19-6-10-21(11-7-19)35-15-14-31-25(30)34)33(32-24)20-8-12-22(13-9-20)36-17-18-4-2-1-3-5-18/h1-13,16H,14-15,17H2,(H3,30,31,34). The van der Waals surface area contributed by atoms with Gasteiger partial charge in [0.25, 0.3) is 0 Å². The quantitative estimate of drug-likeness (QED) is 0.312. The van der Waals surface area contributed by atoms with Crippen molar-refractivity contribution >= 4 is 6.03 Å². The van der Waals surface area contributed by atoms with Gasteiger partial charge in [0, 0.05) is 5.56 Å². The van der Waals surface area contributed by atoms with Crippen molar-refractivity contribution < 1.29 is 27.4 Å². The molecule has 1 heterocycles. The first-order valence-electron chi connectivity index (χ1n) is 11.0. The molecular weight excluding hydrogens is 473 g/mol. The third-order valence-corrected chi connectivity index (χ3v) is 5.15. The van der Waals surface area contributed by atoms with Crippen LogP contribution in [-0.2, 0) is 12.8 Å². The van der Waals surface area contributed by atoms with Crippen molar-refractivity contribution in [1.82, 2.24) is 15.1 Å². The number of nitrogens with zero attached hydrogens (tertiary/aromatic N) is 2. The molecule has 10 heteroatoms. The lowest BCUT2D eigenvalue weighted by atomic mass is 10.1.